The van der Waals surface area contributed by atoms with Crippen LogP contribution in [-0.4, -0.2) is 0 Å². The highest BCUT2D eigenvalue weighted by Gasteiger charge is 2.48. The summed E-state index contributed by atoms with van der Waals surface area (Å²) in [6.07, 6.45) is 0. The molecular weight excluding hydrogens is 444 g/mol. The molecule has 2 aliphatic carbocycles. The van der Waals surface area contributed by atoms with Crippen LogP contribution in [0.4, 0.5) is 0 Å². The van der Waals surface area contributed by atoms with E-state index in [1.807, 2.05) is 0 Å². The Kier molecular flexibility index (Phi) is 4.26. The highest BCUT2D eigenvalue weighted by molar-refractivity contribution is 6.32. The lowest BCUT2D eigenvalue weighted by molar-refractivity contribution is 0.655. The van der Waals surface area contributed by atoms with Crippen molar-refractivity contribution in [1.82, 2.24) is 0 Å². The summed E-state index contributed by atoms with van der Waals surface area (Å²) in [6, 6.07) is 41.9. The summed E-state index contributed by atoms with van der Waals surface area (Å²) in [4.78, 5) is 0. The molecule has 0 atom stereocenters. The lowest BCUT2D eigenvalue weighted by Gasteiger charge is -2.35. The van der Waals surface area contributed by atoms with Gasteiger partial charge in [-0.1, -0.05) is 135 Å². The van der Waals surface area contributed by atoms with Gasteiger partial charge < -0.3 is 0 Å². The van der Waals surface area contributed by atoms with E-state index in [0.29, 0.717) is 0 Å². The summed E-state index contributed by atoms with van der Waals surface area (Å²) in [5.41, 5.74) is 12.2. The Hall–Kier alpha value is -3.61. The van der Waals surface area contributed by atoms with Gasteiger partial charge in [-0.05, 0) is 61.7 Å². The van der Waals surface area contributed by atoms with Crippen LogP contribution in [0.2, 0.25) is 5.02 Å². The van der Waals surface area contributed by atoms with Crippen molar-refractivity contribution in [3.05, 3.63) is 154 Å². The Morgan fingerprint density at radius 3 is 1.54 bits per heavy atom. The van der Waals surface area contributed by atoms with E-state index in [0.717, 1.165) is 10.6 Å². The molecule has 0 bridgehead atoms. The van der Waals surface area contributed by atoms with Gasteiger partial charge in [-0.15, -0.1) is 0 Å². The van der Waals surface area contributed by atoms with Crippen LogP contribution in [-0.2, 0) is 10.8 Å². The average Bonchev–Trinajstić information content (AvgIpc) is 3.31. The first kappa shape index (κ1) is 20.7. The molecule has 0 aliphatic heterocycles. The van der Waals surface area contributed by atoms with Gasteiger partial charge in [0.2, 0.25) is 0 Å². The minimum atomic E-state index is -0.481. The van der Waals surface area contributed by atoms with E-state index in [-0.39, 0.29) is 5.41 Å². The molecule has 1 heteroatoms. The van der Waals surface area contributed by atoms with E-state index in [1.54, 1.807) is 0 Å². The van der Waals surface area contributed by atoms with Gasteiger partial charge in [-0.25, -0.2) is 0 Å². The van der Waals surface area contributed by atoms with Gasteiger partial charge >= 0.3 is 0 Å². The number of hydrogen-bond acceptors (Lipinski definition) is 0. The summed E-state index contributed by atoms with van der Waals surface area (Å²) < 4.78 is 0. The predicted molar refractivity (Wildman–Crippen MR) is 146 cm³/mol. The first-order valence-corrected chi connectivity index (χ1v) is 12.6. The molecule has 5 aromatic rings. The van der Waals surface area contributed by atoms with Crippen molar-refractivity contribution in [3.8, 4) is 22.3 Å². The van der Waals surface area contributed by atoms with Gasteiger partial charge in [0.25, 0.3) is 0 Å². The van der Waals surface area contributed by atoms with E-state index < -0.39 is 5.41 Å². The summed E-state index contributed by atoms with van der Waals surface area (Å²) in [6.45, 7) is 4.67. The molecule has 35 heavy (non-hydrogen) atoms. The largest absolute Gasteiger partial charge is 0.0840 e. The standard InChI is InChI=1S/C34H25Cl/c1-33(2)27-17-9-6-16-25(27)26-20-32(35)31(21-30(26)33)34(22-12-4-3-5-13-22)28-18-10-7-14-23(28)24-15-8-11-19-29(24)34/h3-21H,1-2H3. The van der Waals surface area contributed by atoms with Gasteiger partial charge in [0.1, 0.15) is 0 Å². The maximum absolute atomic E-state index is 7.32. The van der Waals surface area contributed by atoms with Crippen LogP contribution in [0.5, 0.6) is 0 Å². The summed E-state index contributed by atoms with van der Waals surface area (Å²) in [5.74, 6) is 0. The Bertz CT molecular complexity index is 1580. The van der Waals surface area contributed by atoms with Crippen LogP contribution in [0.1, 0.15) is 47.2 Å². The number of hydrogen-bond donors (Lipinski definition) is 0. The highest BCUT2D eigenvalue weighted by Crippen LogP contribution is 2.59. The second kappa shape index (κ2) is 7.20. The van der Waals surface area contributed by atoms with Gasteiger partial charge in [-0.3, -0.25) is 0 Å². The van der Waals surface area contributed by atoms with Crippen LogP contribution >= 0.6 is 11.6 Å². The van der Waals surface area contributed by atoms with Crippen molar-refractivity contribution < 1.29 is 0 Å². The van der Waals surface area contributed by atoms with Crippen LogP contribution < -0.4 is 0 Å². The molecule has 0 radical (unpaired) electrons. The zero-order valence-corrected chi connectivity index (χ0v) is 20.6. The highest BCUT2D eigenvalue weighted by atomic mass is 35.5. The number of benzene rings is 5. The Morgan fingerprint density at radius 1 is 0.457 bits per heavy atom. The third-order valence-corrected chi connectivity index (χ3v) is 8.55. The second-order valence-corrected chi connectivity index (χ2v) is 10.7. The minimum absolute atomic E-state index is 0.0964. The fourth-order valence-corrected chi connectivity index (χ4v) is 6.99. The monoisotopic (exact) mass is 468 g/mol. The molecule has 0 unspecified atom stereocenters. The second-order valence-electron chi connectivity index (χ2n) is 10.3. The summed E-state index contributed by atoms with van der Waals surface area (Å²) in [5, 5.41) is 0.812. The molecule has 7 rings (SSSR count). The fourth-order valence-electron chi connectivity index (χ4n) is 6.69. The molecule has 0 saturated heterocycles. The molecule has 0 spiro atoms. The Balaban J connectivity index is 1.63. The van der Waals surface area contributed by atoms with E-state index in [2.05, 4.69) is 129 Å². The molecule has 5 aromatic carbocycles. The summed E-state index contributed by atoms with van der Waals surface area (Å²) in [7, 11) is 0. The van der Waals surface area contributed by atoms with Crippen molar-refractivity contribution in [2.45, 2.75) is 24.7 Å². The zero-order chi connectivity index (χ0) is 23.8. The molecule has 0 nitrogen and oxygen atoms in total. The third kappa shape index (κ3) is 2.58. The van der Waals surface area contributed by atoms with E-state index in [4.69, 9.17) is 11.6 Å². The lowest BCUT2D eigenvalue weighted by Crippen LogP contribution is -2.29. The topological polar surface area (TPSA) is 0 Å². The van der Waals surface area contributed by atoms with Crippen molar-refractivity contribution >= 4 is 11.6 Å². The molecule has 2 aliphatic rings. The number of fused-ring (bicyclic) bond motifs is 6. The molecule has 0 aromatic heterocycles. The Morgan fingerprint density at radius 2 is 0.943 bits per heavy atom. The molecule has 0 heterocycles. The van der Waals surface area contributed by atoms with E-state index >= 15 is 0 Å². The molecule has 0 amide bonds. The molecule has 0 N–H and O–H groups in total. The van der Waals surface area contributed by atoms with Crippen molar-refractivity contribution in [3.63, 3.8) is 0 Å². The van der Waals surface area contributed by atoms with Crippen molar-refractivity contribution in [2.24, 2.45) is 0 Å². The van der Waals surface area contributed by atoms with Crippen LogP contribution in [0.25, 0.3) is 22.3 Å². The molecule has 168 valence electrons. The fraction of sp³-hybridized carbons (Fsp3) is 0.118. The zero-order valence-electron chi connectivity index (χ0n) is 19.8. The number of halogens is 1. The Labute approximate surface area is 211 Å². The third-order valence-electron chi connectivity index (χ3n) is 8.23. The maximum Gasteiger partial charge on any atom is 0.0728 e. The van der Waals surface area contributed by atoms with Gasteiger partial charge in [0.15, 0.2) is 0 Å². The van der Waals surface area contributed by atoms with Crippen LogP contribution in [0.3, 0.4) is 0 Å². The smallest absolute Gasteiger partial charge is 0.0728 e. The molecule has 0 fully saturated rings. The maximum atomic E-state index is 7.32. The predicted octanol–water partition coefficient (Wildman–Crippen LogP) is 9.01. The summed E-state index contributed by atoms with van der Waals surface area (Å²) >= 11 is 7.32. The van der Waals surface area contributed by atoms with Gasteiger partial charge in [0.05, 0.1) is 5.41 Å². The average molecular weight is 469 g/mol. The molecule has 0 saturated carbocycles. The van der Waals surface area contributed by atoms with E-state index in [1.165, 1.54) is 50.1 Å². The van der Waals surface area contributed by atoms with Crippen molar-refractivity contribution in [1.29, 1.82) is 0 Å². The normalized spacial score (nSPS) is 15.7. The minimum Gasteiger partial charge on any atom is -0.0840 e. The van der Waals surface area contributed by atoms with E-state index in [9.17, 15) is 0 Å². The quantitative estimate of drug-likeness (QED) is 0.238. The van der Waals surface area contributed by atoms with Crippen LogP contribution in [0.15, 0.2) is 115 Å². The first-order chi connectivity index (χ1) is 17.0. The molecular formula is C34H25Cl. The van der Waals surface area contributed by atoms with Crippen molar-refractivity contribution in [2.75, 3.05) is 0 Å². The van der Waals surface area contributed by atoms with Gasteiger partial charge in [-0.2, -0.15) is 0 Å². The van der Waals surface area contributed by atoms with Crippen LogP contribution in [0, 0.1) is 0 Å². The lowest BCUT2D eigenvalue weighted by atomic mass is 9.66. The number of rotatable bonds is 2. The first-order valence-electron chi connectivity index (χ1n) is 12.2. The SMILES string of the molecule is CC1(C)c2ccccc2-c2cc(Cl)c(C3(c4ccccc4)c4ccccc4-c4ccccc43)cc21. The van der Waals surface area contributed by atoms with Gasteiger partial charge in [0, 0.05) is 10.4 Å².